The number of fused-ring (bicyclic) bond motifs is 1. The highest BCUT2D eigenvalue weighted by Gasteiger charge is 2.18. The highest BCUT2D eigenvalue weighted by atomic mass is 32.1. The molecule has 0 unspecified atom stereocenters. The van der Waals surface area contributed by atoms with Crippen LogP contribution in [-0.2, 0) is 11.3 Å². The van der Waals surface area contributed by atoms with Crippen LogP contribution in [0.15, 0.2) is 18.2 Å². The summed E-state index contributed by atoms with van der Waals surface area (Å²) >= 11 is 5.32. The van der Waals surface area contributed by atoms with Crippen LogP contribution < -0.4 is 0 Å². The SMILES string of the molecule is N#Cc1cccc2c1[nH]c(=S)n2CCC(=O)N1CCCC1. The first kappa shape index (κ1) is 13.8. The number of carbonyl (C=O) groups is 1. The number of likely N-dealkylation sites (tertiary alicyclic amines) is 1. The molecule has 1 amide bonds. The van der Waals surface area contributed by atoms with E-state index in [4.69, 9.17) is 17.5 Å². The van der Waals surface area contributed by atoms with E-state index in [0.29, 0.717) is 23.3 Å². The van der Waals surface area contributed by atoms with Crippen molar-refractivity contribution < 1.29 is 4.79 Å². The lowest BCUT2D eigenvalue weighted by molar-refractivity contribution is -0.130. The number of nitrogens with zero attached hydrogens (tertiary/aromatic N) is 3. The third kappa shape index (κ3) is 2.57. The van der Waals surface area contributed by atoms with E-state index in [-0.39, 0.29) is 5.91 Å². The molecule has 1 saturated heterocycles. The Balaban J connectivity index is 1.84. The van der Waals surface area contributed by atoms with Gasteiger partial charge in [-0.2, -0.15) is 5.26 Å². The standard InChI is InChI=1S/C15H16N4OS/c16-10-11-4-3-5-12-14(11)17-15(21)19(12)9-6-13(20)18-7-1-2-8-18/h3-5H,1-2,6-9H2,(H,17,21). The van der Waals surface area contributed by atoms with Gasteiger partial charge >= 0.3 is 0 Å². The average molecular weight is 300 g/mol. The smallest absolute Gasteiger partial charge is 0.224 e. The Labute approximate surface area is 127 Å². The Morgan fingerprint density at radius 2 is 2.14 bits per heavy atom. The minimum atomic E-state index is 0.181. The van der Waals surface area contributed by atoms with Crippen LogP contribution in [0.1, 0.15) is 24.8 Å². The molecular weight excluding hydrogens is 284 g/mol. The van der Waals surface area contributed by atoms with Crippen LogP contribution in [0.25, 0.3) is 11.0 Å². The van der Waals surface area contributed by atoms with Crippen LogP contribution in [0.2, 0.25) is 0 Å². The lowest BCUT2D eigenvalue weighted by Gasteiger charge is -2.15. The van der Waals surface area contributed by atoms with E-state index in [1.807, 2.05) is 21.6 Å². The molecule has 0 aliphatic carbocycles. The molecule has 0 saturated carbocycles. The predicted molar refractivity (Wildman–Crippen MR) is 82.3 cm³/mol. The second-order valence-corrected chi connectivity index (χ2v) is 5.62. The molecule has 2 aromatic rings. The second kappa shape index (κ2) is 5.70. The number of amides is 1. The summed E-state index contributed by atoms with van der Waals surface area (Å²) < 4.78 is 2.46. The van der Waals surface area contributed by atoms with Crippen molar-refractivity contribution in [1.29, 1.82) is 5.26 Å². The maximum Gasteiger partial charge on any atom is 0.224 e. The van der Waals surface area contributed by atoms with E-state index in [9.17, 15) is 4.79 Å². The molecule has 0 spiro atoms. The highest BCUT2D eigenvalue weighted by Crippen LogP contribution is 2.19. The zero-order valence-electron chi connectivity index (χ0n) is 11.6. The average Bonchev–Trinajstić information content (AvgIpc) is 3.12. The lowest BCUT2D eigenvalue weighted by Crippen LogP contribution is -2.28. The largest absolute Gasteiger partial charge is 0.343 e. The molecule has 0 bridgehead atoms. The topological polar surface area (TPSA) is 64.8 Å². The molecule has 2 heterocycles. The predicted octanol–water partition coefficient (Wildman–Crippen LogP) is 2.58. The number of nitriles is 1. The molecule has 1 aromatic carbocycles. The maximum absolute atomic E-state index is 12.1. The zero-order valence-corrected chi connectivity index (χ0v) is 12.4. The Hall–Kier alpha value is -2.13. The van der Waals surface area contributed by atoms with Crippen molar-refractivity contribution in [3.8, 4) is 6.07 Å². The summed E-state index contributed by atoms with van der Waals surface area (Å²) in [5.74, 6) is 0.181. The number of hydrogen-bond acceptors (Lipinski definition) is 3. The van der Waals surface area contributed by atoms with Gasteiger partial charge in [-0.05, 0) is 37.2 Å². The fourth-order valence-electron chi connectivity index (χ4n) is 2.83. The van der Waals surface area contributed by atoms with Gasteiger partial charge in [-0.1, -0.05) is 6.07 Å². The number of imidazole rings is 1. The quantitative estimate of drug-likeness (QED) is 0.886. The van der Waals surface area contributed by atoms with Gasteiger partial charge in [-0.25, -0.2) is 0 Å². The number of aromatic amines is 1. The molecule has 1 aliphatic heterocycles. The zero-order chi connectivity index (χ0) is 14.8. The molecule has 0 radical (unpaired) electrons. The third-order valence-electron chi connectivity index (χ3n) is 3.94. The van der Waals surface area contributed by atoms with Crippen molar-refractivity contribution in [3.63, 3.8) is 0 Å². The fraction of sp³-hybridized carbons (Fsp3) is 0.400. The molecule has 5 nitrogen and oxygen atoms in total. The van der Waals surface area contributed by atoms with Crippen LogP contribution in [0, 0.1) is 16.1 Å². The van der Waals surface area contributed by atoms with Crippen molar-refractivity contribution in [2.75, 3.05) is 13.1 Å². The van der Waals surface area contributed by atoms with Gasteiger partial charge in [0.2, 0.25) is 5.91 Å². The molecule has 1 aromatic heterocycles. The molecule has 1 aliphatic rings. The number of nitrogens with one attached hydrogen (secondary N) is 1. The number of hydrogen-bond donors (Lipinski definition) is 1. The van der Waals surface area contributed by atoms with Gasteiger partial charge in [-0.3, -0.25) is 4.79 Å². The van der Waals surface area contributed by atoms with E-state index >= 15 is 0 Å². The van der Waals surface area contributed by atoms with Gasteiger partial charge in [0.25, 0.3) is 0 Å². The van der Waals surface area contributed by atoms with Crippen LogP contribution in [0.3, 0.4) is 0 Å². The van der Waals surface area contributed by atoms with E-state index in [1.165, 1.54) is 0 Å². The van der Waals surface area contributed by atoms with Gasteiger partial charge < -0.3 is 14.5 Å². The molecule has 3 rings (SSSR count). The summed E-state index contributed by atoms with van der Waals surface area (Å²) in [4.78, 5) is 17.1. The van der Waals surface area contributed by atoms with Crippen molar-refractivity contribution >= 4 is 29.2 Å². The number of H-pyrrole nitrogens is 1. The highest BCUT2D eigenvalue weighted by molar-refractivity contribution is 7.71. The number of benzene rings is 1. The van der Waals surface area contributed by atoms with Crippen LogP contribution in [-0.4, -0.2) is 33.4 Å². The first-order chi connectivity index (χ1) is 10.2. The number of para-hydroxylation sites is 1. The Kier molecular flexibility index (Phi) is 3.76. The van der Waals surface area contributed by atoms with Crippen LogP contribution in [0.4, 0.5) is 0 Å². The number of aromatic nitrogens is 2. The maximum atomic E-state index is 12.1. The first-order valence-electron chi connectivity index (χ1n) is 7.10. The summed E-state index contributed by atoms with van der Waals surface area (Å²) in [6.45, 7) is 2.29. The monoisotopic (exact) mass is 300 g/mol. The summed E-state index contributed by atoms with van der Waals surface area (Å²) in [7, 11) is 0. The van der Waals surface area contributed by atoms with Gasteiger partial charge in [-0.15, -0.1) is 0 Å². The molecule has 6 heteroatoms. The van der Waals surface area contributed by atoms with E-state index in [0.717, 1.165) is 37.0 Å². The van der Waals surface area contributed by atoms with Crippen LogP contribution >= 0.6 is 12.2 Å². The van der Waals surface area contributed by atoms with Crippen molar-refractivity contribution in [2.45, 2.75) is 25.8 Å². The second-order valence-electron chi connectivity index (χ2n) is 5.23. The third-order valence-corrected chi connectivity index (χ3v) is 4.26. The Morgan fingerprint density at radius 3 is 2.86 bits per heavy atom. The van der Waals surface area contributed by atoms with Gasteiger partial charge in [0.1, 0.15) is 6.07 Å². The minimum Gasteiger partial charge on any atom is -0.343 e. The summed E-state index contributed by atoms with van der Waals surface area (Å²) in [6.07, 6.45) is 2.64. The summed E-state index contributed by atoms with van der Waals surface area (Å²) in [5.41, 5.74) is 2.20. The molecule has 108 valence electrons. The molecule has 21 heavy (non-hydrogen) atoms. The molecule has 1 fully saturated rings. The van der Waals surface area contributed by atoms with Gasteiger partial charge in [0.15, 0.2) is 4.77 Å². The van der Waals surface area contributed by atoms with E-state index in [1.54, 1.807) is 6.07 Å². The van der Waals surface area contributed by atoms with Crippen molar-refractivity contribution in [1.82, 2.24) is 14.5 Å². The minimum absolute atomic E-state index is 0.181. The van der Waals surface area contributed by atoms with Gasteiger partial charge in [0, 0.05) is 26.1 Å². The summed E-state index contributed by atoms with van der Waals surface area (Å²) in [5, 5.41) is 9.12. The van der Waals surface area contributed by atoms with Crippen molar-refractivity contribution in [2.24, 2.45) is 0 Å². The first-order valence-corrected chi connectivity index (χ1v) is 7.51. The Bertz CT molecular complexity index is 777. The Morgan fingerprint density at radius 1 is 1.38 bits per heavy atom. The number of aryl methyl sites for hydroxylation is 1. The summed E-state index contributed by atoms with van der Waals surface area (Å²) in [6, 6.07) is 7.67. The van der Waals surface area contributed by atoms with E-state index in [2.05, 4.69) is 11.1 Å². The van der Waals surface area contributed by atoms with Crippen LogP contribution in [0.5, 0.6) is 0 Å². The fourth-order valence-corrected chi connectivity index (χ4v) is 3.12. The normalized spacial score (nSPS) is 14.5. The van der Waals surface area contributed by atoms with E-state index < -0.39 is 0 Å². The van der Waals surface area contributed by atoms with Crippen molar-refractivity contribution in [3.05, 3.63) is 28.5 Å². The lowest BCUT2D eigenvalue weighted by atomic mass is 10.2. The molecular formula is C15H16N4OS. The number of rotatable bonds is 3. The number of carbonyl (C=O) groups excluding carboxylic acids is 1. The van der Waals surface area contributed by atoms with Gasteiger partial charge in [0.05, 0.1) is 16.6 Å². The molecule has 1 N–H and O–H groups in total. The molecule has 0 atom stereocenters.